The summed E-state index contributed by atoms with van der Waals surface area (Å²) >= 11 is 0. The number of benzene rings is 2. The Morgan fingerprint density at radius 3 is 2.68 bits per heavy atom. The molecule has 0 saturated carbocycles. The molecule has 10 heteroatoms. The number of H-pyrrole nitrogens is 1. The zero-order valence-corrected chi connectivity index (χ0v) is 19.0. The van der Waals surface area contributed by atoms with Crippen LogP contribution in [-0.2, 0) is 4.79 Å². The predicted octanol–water partition coefficient (Wildman–Crippen LogP) is 3.61. The van der Waals surface area contributed by atoms with Crippen LogP contribution in [0, 0.1) is 5.82 Å². The number of nitrogens with one attached hydrogen (secondary N) is 3. The van der Waals surface area contributed by atoms with Crippen molar-refractivity contribution in [3.05, 3.63) is 54.5 Å². The molecule has 9 nitrogen and oxygen atoms in total. The van der Waals surface area contributed by atoms with E-state index in [2.05, 4.69) is 59.8 Å². The molecule has 0 radical (unpaired) electrons. The number of carbonyl (C=O) groups is 1. The molecule has 0 unspecified atom stereocenters. The van der Waals surface area contributed by atoms with Crippen LogP contribution in [0.1, 0.15) is 6.92 Å². The van der Waals surface area contributed by atoms with Gasteiger partial charge in [0.2, 0.25) is 11.9 Å². The largest absolute Gasteiger partial charge is 0.369 e. The molecule has 5 rings (SSSR count). The normalized spacial score (nSPS) is 14.4. The summed E-state index contributed by atoms with van der Waals surface area (Å²) in [5, 5.41) is 13.4. The maximum Gasteiger partial charge on any atom is 0.229 e. The zero-order chi connectivity index (χ0) is 23.7. The fourth-order valence-corrected chi connectivity index (χ4v) is 4.06. The molecule has 1 aliphatic rings. The van der Waals surface area contributed by atoms with Gasteiger partial charge in [0.25, 0.3) is 0 Å². The molecule has 1 amide bonds. The second kappa shape index (κ2) is 9.06. The summed E-state index contributed by atoms with van der Waals surface area (Å²) in [5.41, 5.74) is 3.53. The van der Waals surface area contributed by atoms with Crippen LogP contribution >= 0.6 is 0 Å². The molecule has 3 heterocycles. The molecule has 34 heavy (non-hydrogen) atoms. The number of halogens is 1. The van der Waals surface area contributed by atoms with Gasteiger partial charge >= 0.3 is 0 Å². The molecule has 174 valence electrons. The number of aromatic nitrogens is 4. The third kappa shape index (κ3) is 4.53. The Labute approximate surface area is 196 Å². The molecule has 1 fully saturated rings. The van der Waals surface area contributed by atoms with Crippen molar-refractivity contribution in [3.8, 4) is 11.3 Å². The molecule has 2 aromatic carbocycles. The molecular formula is C24H25FN8O. The highest BCUT2D eigenvalue weighted by atomic mass is 19.1. The van der Waals surface area contributed by atoms with E-state index in [0.29, 0.717) is 28.4 Å². The first-order valence-electron chi connectivity index (χ1n) is 11.1. The van der Waals surface area contributed by atoms with Gasteiger partial charge in [-0.25, -0.2) is 9.37 Å². The first-order chi connectivity index (χ1) is 16.5. The predicted molar refractivity (Wildman–Crippen MR) is 131 cm³/mol. The highest BCUT2D eigenvalue weighted by Crippen LogP contribution is 2.31. The second-order valence-corrected chi connectivity index (χ2v) is 8.37. The van der Waals surface area contributed by atoms with Gasteiger partial charge in [-0.15, -0.1) is 0 Å². The first kappa shape index (κ1) is 21.8. The van der Waals surface area contributed by atoms with Gasteiger partial charge in [0, 0.05) is 55.7 Å². The molecule has 0 aliphatic carbocycles. The Kier molecular flexibility index (Phi) is 5.81. The van der Waals surface area contributed by atoms with Crippen molar-refractivity contribution in [2.45, 2.75) is 6.92 Å². The minimum absolute atomic E-state index is 0.240. The van der Waals surface area contributed by atoms with Gasteiger partial charge in [0.05, 0.1) is 17.3 Å². The maximum absolute atomic E-state index is 14.8. The Hall–Kier alpha value is -4.05. The van der Waals surface area contributed by atoms with E-state index in [4.69, 9.17) is 0 Å². The van der Waals surface area contributed by atoms with Gasteiger partial charge in [-0.05, 0) is 43.4 Å². The van der Waals surface area contributed by atoms with Gasteiger partial charge in [0.15, 0.2) is 5.65 Å². The van der Waals surface area contributed by atoms with Crippen LogP contribution < -0.4 is 15.5 Å². The highest BCUT2D eigenvalue weighted by molar-refractivity contribution is 5.94. The van der Waals surface area contributed by atoms with Gasteiger partial charge in [-0.3, -0.25) is 9.89 Å². The SMILES string of the molecule is CC(=O)Nc1ccc(F)c(-c2nc(Nc3cccc(N4CCN(C)CC4)c3)nc3[nH]ncc23)c1. The standard InChI is InChI=1S/C24H25FN8O/c1-15(34)27-17-6-7-21(25)19(13-17)22-20-14-26-31-23(20)30-24(29-22)28-16-4-3-5-18(12-16)33-10-8-32(2)9-11-33/h3-7,12-14H,8-11H2,1-2H3,(H,27,34)(H2,26,28,29,30,31). The van der Waals surface area contributed by atoms with Crippen molar-refractivity contribution in [1.29, 1.82) is 0 Å². The lowest BCUT2D eigenvalue weighted by atomic mass is 10.1. The highest BCUT2D eigenvalue weighted by Gasteiger charge is 2.17. The van der Waals surface area contributed by atoms with E-state index >= 15 is 0 Å². The third-order valence-electron chi connectivity index (χ3n) is 5.82. The third-order valence-corrected chi connectivity index (χ3v) is 5.82. The Morgan fingerprint density at radius 2 is 1.88 bits per heavy atom. The average Bonchev–Trinajstić information content (AvgIpc) is 3.29. The van der Waals surface area contributed by atoms with E-state index in [1.807, 2.05) is 12.1 Å². The molecular weight excluding hydrogens is 435 g/mol. The number of piperazine rings is 1. The summed E-state index contributed by atoms with van der Waals surface area (Å²) in [6, 6.07) is 12.5. The number of nitrogens with zero attached hydrogens (tertiary/aromatic N) is 5. The Balaban J connectivity index is 1.49. The smallest absolute Gasteiger partial charge is 0.229 e. The van der Waals surface area contributed by atoms with E-state index in [-0.39, 0.29) is 11.5 Å². The van der Waals surface area contributed by atoms with Crippen molar-refractivity contribution < 1.29 is 9.18 Å². The minimum atomic E-state index is -0.460. The number of aromatic amines is 1. The first-order valence-corrected chi connectivity index (χ1v) is 11.1. The Bertz CT molecular complexity index is 1350. The van der Waals surface area contributed by atoms with Crippen molar-refractivity contribution in [2.75, 3.05) is 48.8 Å². The second-order valence-electron chi connectivity index (χ2n) is 8.37. The van der Waals surface area contributed by atoms with E-state index in [9.17, 15) is 9.18 Å². The lowest BCUT2D eigenvalue weighted by Crippen LogP contribution is -2.44. The molecule has 0 spiro atoms. The van der Waals surface area contributed by atoms with Crippen LogP contribution in [0.5, 0.6) is 0 Å². The minimum Gasteiger partial charge on any atom is -0.369 e. The van der Waals surface area contributed by atoms with E-state index in [1.54, 1.807) is 12.3 Å². The maximum atomic E-state index is 14.8. The number of anilines is 4. The van der Waals surface area contributed by atoms with Crippen molar-refractivity contribution in [1.82, 2.24) is 25.1 Å². The van der Waals surface area contributed by atoms with Gasteiger partial charge in [0.1, 0.15) is 5.82 Å². The van der Waals surface area contributed by atoms with Crippen molar-refractivity contribution in [3.63, 3.8) is 0 Å². The summed E-state index contributed by atoms with van der Waals surface area (Å²) in [6.45, 7) is 5.36. The van der Waals surface area contributed by atoms with Gasteiger partial charge in [-0.2, -0.15) is 10.1 Å². The van der Waals surface area contributed by atoms with Gasteiger partial charge < -0.3 is 20.4 Å². The van der Waals surface area contributed by atoms with Crippen molar-refractivity contribution >= 4 is 40.0 Å². The fourth-order valence-electron chi connectivity index (χ4n) is 4.06. The molecule has 1 saturated heterocycles. The van der Waals surface area contributed by atoms with Gasteiger partial charge in [-0.1, -0.05) is 6.07 Å². The van der Waals surface area contributed by atoms with Crippen LogP contribution in [0.2, 0.25) is 0 Å². The lowest BCUT2D eigenvalue weighted by molar-refractivity contribution is -0.114. The van der Waals surface area contributed by atoms with E-state index in [0.717, 1.165) is 37.6 Å². The molecule has 1 aliphatic heterocycles. The fraction of sp³-hybridized carbons (Fsp3) is 0.250. The molecule has 0 bridgehead atoms. The van der Waals surface area contributed by atoms with Crippen molar-refractivity contribution in [2.24, 2.45) is 0 Å². The molecule has 0 atom stereocenters. The topological polar surface area (TPSA) is 102 Å². The monoisotopic (exact) mass is 460 g/mol. The van der Waals surface area contributed by atoms with Crippen LogP contribution in [0.4, 0.5) is 27.4 Å². The van der Waals surface area contributed by atoms with Crippen LogP contribution in [0.15, 0.2) is 48.7 Å². The Morgan fingerprint density at radius 1 is 1.06 bits per heavy atom. The molecule has 2 aromatic heterocycles. The number of carbonyl (C=O) groups excluding carboxylic acids is 1. The van der Waals surface area contributed by atoms with Crippen LogP contribution in [0.3, 0.4) is 0 Å². The van der Waals surface area contributed by atoms with E-state index < -0.39 is 5.82 Å². The summed E-state index contributed by atoms with van der Waals surface area (Å²) in [4.78, 5) is 25.3. The number of amides is 1. The molecule has 3 N–H and O–H groups in total. The summed E-state index contributed by atoms with van der Waals surface area (Å²) in [5.74, 6) is -0.388. The molecule has 4 aromatic rings. The summed E-state index contributed by atoms with van der Waals surface area (Å²) in [6.07, 6.45) is 1.56. The number of rotatable bonds is 5. The number of hydrogen-bond acceptors (Lipinski definition) is 7. The number of likely N-dealkylation sites (N-methyl/N-ethyl adjacent to an activating group) is 1. The van der Waals surface area contributed by atoms with Crippen LogP contribution in [0.25, 0.3) is 22.3 Å². The zero-order valence-electron chi connectivity index (χ0n) is 19.0. The van der Waals surface area contributed by atoms with E-state index in [1.165, 1.54) is 19.1 Å². The number of hydrogen-bond donors (Lipinski definition) is 3. The van der Waals surface area contributed by atoms with Crippen LogP contribution in [-0.4, -0.2) is 64.2 Å². The quantitative estimate of drug-likeness (QED) is 0.418. The number of fused-ring (bicyclic) bond motifs is 1. The average molecular weight is 461 g/mol. The lowest BCUT2D eigenvalue weighted by Gasteiger charge is -2.34. The summed E-state index contributed by atoms with van der Waals surface area (Å²) in [7, 11) is 2.13. The summed E-state index contributed by atoms with van der Waals surface area (Å²) < 4.78 is 14.8.